The summed E-state index contributed by atoms with van der Waals surface area (Å²) in [4.78, 5) is 27.2. The Kier molecular flexibility index (Phi) is 7.50. The van der Waals surface area contributed by atoms with Crippen LogP contribution < -0.4 is 5.32 Å². The molecule has 6 heteroatoms. The van der Waals surface area contributed by atoms with Gasteiger partial charge in [-0.2, -0.15) is 0 Å². The maximum atomic E-state index is 12.6. The number of ether oxygens (including phenoxy) is 1. The Hall–Kier alpha value is -1.82. The Morgan fingerprint density at radius 3 is 2.56 bits per heavy atom. The van der Waals surface area contributed by atoms with E-state index in [0.717, 1.165) is 44.5 Å². The van der Waals surface area contributed by atoms with E-state index in [1.165, 1.54) is 6.42 Å². The number of carbonyl (C=O) groups is 2. The molecule has 1 unspecified atom stereocenters. The predicted molar refractivity (Wildman–Crippen MR) is 97.5 cm³/mol. The van der Waals surface area contributed by atoms with Gasteiger partial charge in [0.15, 0.2) is 0 Å². The van der Waals surface area contributed by atoms with E-state index in [2.05, 4.69) is 17.1 Å². The first-order valence-corrected chi connectivity index (χ1v) is 9.44. The van der Waals surface area contributed by atoms with Crippen molar-refractivity contribution in [1.82, 2.24) is 14.8 Å². The van der Waals surface area contributed by atoms with Gasteiger partial charge in [0.05, 0.1) is 6.61 Å². The van der Waals surface area contributed by atoms with Crippen LogP contribution in [0.25, 0.3) is 0 Å². The van der Waals surface area contributed by atoms with Crippen molar-refractivity contribution < 1.29 is 14.3 Å². The van der Waals surface area contributed by atoms with Crippen molar-refractivity contribution >= 4 is 11.9 Å². The zero-order valence-electron chi connectivity index (χ0n) is 15.7. The molecule has 1 amide bonds. The summed E-state index contributed by atoms with van der Waals surface area (Å²) >= 11 is 0. The van der Waals surface area contributed by atoms with Crippen molar-refractivity contribution in [2.45, 2.75) is 52.0 Å². The van der Waals surface area contributed by atoms with Crippen LogP contribution in [0, 0.1) is 0 Å². The number of hydrogen-bond acceptors (Lipinski definition) is 4. The van der Waals surface area contributed by atoms with Crippen LogP contribution in [0.15, 0.2) is 12.1 Å². The fraction of sp³-hybridized carbons (Fsp3) is 0.684. The molecule has 25 heavy (non-hydrogen) atoms. The summed E-state index contributed by atoms with van der Waals surface area (Å²) in [6.07, 6.45) is 5.38. The summed E-state index contributed by atoms with van der Waals surface area (Å²) in [6, 6.07) is 3.24. The molecule has 1 saturated heterocycles. The summed E-state index contributed by atoms with van der Waals surface area (Å²) in [7, 11) is 1.85. The lowest BCUT2D eigenvalue weighted by molar-refractivity contribution is -0.150. The van der Waals surface area contributed by atoms with Gasteiger partial charge in [0, 0.05) is 19.3 Å². The number of esters is 1. The second-order valence-corrected chi connectivity index (χ2v) is 6.56. The highest BCUT2D eigenvalue weighted by Crippen LogP contribution is 2.27. The smallest absolute Gasteiger partial charge is 0.329 e. The molecule has 1 aromatic heterocycles. The van der Waals surface area contributed by atoms with Crippen molar-refractivity contribution in [3.8, 4) is 0 Å². The monoisotopic (exact) mass is 349 g/mol. The molecule has 1 aliphatic heterocycles. The minimum atomic E-state index is -0.442. The molecule has 140 valence electrons. The van der Waals surface area contributed by atoms with Gasteiger partial charge in [-0.05, 0) is 51.4 Å². The third-order valence-electron chi connectivity index (χ3n) is 4.75. The van der Waals surface area contributed by atoms with E-state index in [1.807, 2.05) is 24.6 Å². The molecule has 0 aliphatic carbocycles. The maximum absolute atomic E-state index is 12.6. The molecule has 0 radical (unpaired) electrons. The lowest BCUT2D eigenvalue weighted by Crippen LogP contribution is -2.40. The maximum Gasteiger partial charge on any atom is 0.329 e. The second kappa shape index (κ2) is 9.61. The number of unbranched alkanes of at least 4 members (excludes halogenated alkanes) is 1. The molecule has 0 bridgehead atoms. The number of piperidine rings is 1. The molecule has 0 saturated carbocycles. The Morgan fingerprint density at radius 2 is 1.92 bits per heavy atom. The molecule has 0 aromatic carbocycles. The lowest BCUT2D eigenvalue weighted by Gasteiger charge is -2.33. The zero-order chi connectivity index (χ0) is 18.2. The molecule has 2 heterocycles. The van der Waals surface area contributed by atoms with Gasteiger partial charge in [-0.25, -0.2) is 4.79 Å². The lowest BCUT2D eigenvalue weighted by atomic mass is 10.1. The minimum Gasteiger partial charge on any atom is -0.465 e. The van der Waals surface area contributed by atoms with Gasteiger partial charge >= 0.3 is 5.97 Å². The van der Waals surface area contributed by atoms with Gasteiger partial charge in [-0.1, -0.05) is 19.8 Å². The fourth-order valence-electron chi connectivity index (χ4n) is 3.35. The van der Waals surface area contributed by atoms with Crippen LogP contribution in [0.2, 0.25) is 0 Å². The van der Waals surface area contributed by atoms with E-state index in [9.17, 15) is 9.59 Å². The van der Waals surface area contributed by atoms with Crippen molar-refractivity contribution in [3.63, 3.8) is 0 Å². The second-order valence-electron chi connectivity index (χ2n) is 6.56. The quantitative estimate of drug-likeness (QED) is 0.579. The molecule has 2 rings (SSSR count). The van der Waals surface area contributed by atoms with Crippen molar-refractivity contribution in [3.05, 3.63) is 23.5 Å². The van der Waals surface area contributed by atoms with Gasteiger partial charge in [-0.15, -0.1) is 0 Å². The summed E-state index contributed by atoms with van der Waals surface area (Å²) in [5.74, 6) is -0.327. The van der Waals surface area contributed by atoms with Crippen LogP contribution in [0.5, 0.6) is 0 Å². The summed E-state index contributed by atoms with van der Waals surface area (Å²) in [5.41, 5.74) is 1.40. The standard InChI is InChI=1S/C19H31N3O3/c1-4-6-12-20-18(23)16-11-10-15(21(16)3)17(19(24)25-5-2)22-13-8-7-9-14-22/h10-11,17H,4-9,12-14H2,1-3H3,(H,20,23). The first-order valence-electron chi connectivity index (χ1n) is 9.44. The molecule has 6 nitrogen and oxygen atoms in total. The van der Waals surface area contributed by atoms with E-state index in [1.54, 1.807) is 6.07 Å². The number of aromatic nitrogens is 1. The van der Waals surface area contributed by atoms with Crippen LogP contribution in [-0.2, 0) is 16.6 Å². The fourth-order valence-corrected chi connectivity index (χ4v) is 3.35. The largest absolute Gasteiger partial charge is 0.465 e. The van der Waals surface area contributed by atoms with E-state index in [0.29, 0.717) is 18.8 Å². The van der Waals surface area contributed by atoms with Crippen LogP contribution in [0.3, 0.4) is 0 Å². The highest BCUT2D eigenvalue weighted by atomic mass is 16.5. The van der Waals surface area contributed by atoms with Gasteiger partial charge in [0.2, 0.25) is 0 Å². The van der Waals surface area contributed by atoms with Crippen LogP contribution >= 0.6 is 0 Å². The average Bonchev–Trinajstić information content (AvgIpc) is 2.98. The van der Waals surface area contributed by atoms with Gasteiger partial charge in [0.25, 0.3) is 5.91 Å². The molecule has 1 aliphatic rings. The zero-order valence-corrected chi connectivity index (χ0v) is 15.7. The molecular weight excluding hydrogens is 318 g/mol. The molecule has 1 N–H and O–H groups in total. The summed E-state index contributed by atoms with van der Waals surface area (Å²) in [6.45, 7) is 6.71. The number of rotatable bonds is 8. The minimum absolute atomic E-state index is 0.0940. The average molecular weight is 349 g/mol. The predicted octanol–water partition coefficient (Wildman–Crippen LogP) is 2.65. The Balaban J connectivity index is 2.22. The number of likely N-dealkylation sites (tertiary alicyclic amines) is 1. The third-order valence-corrected chi connectivity index (χ3v) is 4.75. The highest BCUT2D eigenvalue weighted by Gasteiger charge is 2.32. The van der Waals surface area contributed by atoms with Crippen LogP contribution in [-0.4, -0.2) is 47.6 Å². The Morgan fingerprint density at radius 1 is 1.20 bits per heavy atom. The molecule has 1 aromatic rings. The Bertz CT molecular complexity index is 576. The van der Waals surface area contributed by atoms with E-state index < -0.39 is 6.04 Å². The van der Waals surface area contributed by atoms with Crippen molar-refractivity contribution in [1.29, 1.82) is 0 Å². The SMILES string of the molecule is CCCCNC(=O)c1ccc(C(C(=O)OCC)N2CCCCC2)n1C. The van der Waals surface area contributed by atoms with Gasteiger partial charge in [-0.3, -0.25) is 9.69 Å². The first-order chi connectivity index (χ1) is 12.1. The number of nitrogens with one attached hydrogen (secondary N) is 1. The normalized spacial score (nSPS) is 16.4. The van der Waals surface area contributed by atoms with Crippen LogP contribution in [0.1, 0.15) is 68.2 Å². The van der Waals surface area contributed by atoms with E-state index in [-0.39, 0.29) is 11.9 Å². The van der Waals surface area contributed by atoms with Gasteiger partial charge in [0.1, 0.15) is 11.7 Å². The number of carbonyl (C=O) groups excluding carboxylic acids is 2. The van der Waals surface area contributed by atoms with Crippen molar-refractivity contribution in [2.75, 3.05) is 26.2 Å². The third kappa shape index (κ3) is 4.84. The number of amides is 1. The number of hydrogen-bond donors (Lipinski definition) is 1. The molecule has 1 atom stereocenters. The topological polar surface area (TPSA) is 63.6 Å². The molecule has 0 spiro atoms. The van der Waals surface area contributed by atoms with Crippen LogP contribution in [0.4, 0.5) is 0 Å². The highest BCUT2D eigenvalue weighted by molar-refractivity contribution is 5.93. The Labute approximate surface area is 150 Å². The van der Waals surface area contributed by atoms with E-state index in [4.69, 9.17) is 4.74 Å². The van der Waals surface area contributed by atoms with Gasteiger partial charge < -0.3 is 14.6 Å². The van der Waals surface area contributed by atoms with E-state index >= 15 is 0 Å². The summed E-state index contributed by atoms with van der Waals surface area (Å²) < 4.78 is 7.15. The first kappa shape index (κ1) is 19.5. The summed E-state index contributed by atoms with van der Waals surface area (Å²) in [5, 5.41) is 2.94. The van der Waals surface area contributed by atoms with Crippen molar-refractivity contribution in [2.24, 2.45) is 7.05 Å². The molecule has 1 fully saturated rings. The number of nitrogens with zero attached hydrogens (tertiary/aromatic N) is 2. The molecular formula is C19H31N3O3.